The van der Waals surface area contributed by atoms with Gasteiger partial charge in [-0.2, -0.15) is 0 Å². The van der Waals surface area contributed by atoms with Crippen molar-refractivity contribution in [1.82, 2.24) is 15.2 Å². The molecule has 2 fully saturated rings. The Labute approximate surface area is 112 Å². The van der Waals surface area contributed by atoms with E-state index in [-0.39, 0.29) is 0 Å². The first-order valence-corrected chi connectivity index (χ1v) is 7.63. The van der Waals surface area contributed by atoms with E-state index in [2.05, 4.69) is 22.6 Å². The van der Waals surface area contributed by atoms with E-state index >= 15 is 0 Å². The zero-order valence-corrected chi connectivity index (χ0v) is 11.7. The van der Waals surface area contributed by atoms with Crippen LogP contribution in [0.4, 0.5) is 0 Å². The lowest BCUT2D eigenvalue weighted by atomic mass is 10.1. The van der Waals surface area contributed by atoms with Gasteiger partial charge in [0, 0.05) is 36.9 Å². The van der Waals surface area contributed by atoms with Crippen LogP contribution in [0.15, 0.2) is 5.38 Å². The van der Waals surface area contributed by atoms with Gasteiger partial charge in [0.2, 0.25) is 0 Å². The number of rotatable bonds is 3. The van der Waals surface area contributed by atoms with E-state index in [0.717, 1.165) is 32.7 Å². The topological polar surface area (TPSA) is 37.4 Å². The SMILES string of the molecule is CN1CCC(c2csc(CC3COCCN3)n2)C1. The molecule has 2 aliphatic rings. The summed E-state index contributed by atoms with van der Waals surface area (Å²) in [7, 11) is 2.19. The van der Waals surface area contributed by atoms with Gasteiger partial charge in [0.15, 0.2) is 0 Å². The minimum atomic E-state index is 0.448. The molecule has 0 radical (unpaired) electrons. The maximum atomic E-state index is 5.48. The summed E-state index contributed by atoms with van der Waals surface area (Å²) in [6, 6.07) is 0.448. The fourth-order valence-electron chi connectivity index (χ4n) is 2.74. The molecule has 2 saturated heterocycles. The molecule has 4 nitrogen and oxygen atoms in total. The van der Waals surface area contributed by atoms with E-state index in [1.165, 1.54) is 23.7 Å². The van der Waals surface area contributed by atoms with Gasteiger partial charge >= 0.3 is 0 Å². The molecule has 0 aromatic carbocycles. The van der Waals surface area contributed by atoms with Crippen LogP contribution in [0.25, 0.3) is 0 Å². The van der Waals surface area contributed by atoms with Crippen LogP contribution in [0.3, 0.4) is 0 Å². The third-order valence-corrected chi connectivity index (χ3v) is 4.69. The van der Waals surface area contributed by atoms with E-state index in [9.17, 15) is 0 Å². The van der Waals surface area contributed by atoms with Gasteiger partial charge in [0.25, 0.3) is 0 Å². The number of nitrogens with one attached hydrogen (secondary N) is 1. The number of hydrogen-bond acceptors (Lipinski definition) is 5. The molecular weight excluding hydrogens is 246 g/mol. The summed E-state index contributed by atoms with van der Waals surface area (Å²) < 4.78 is 5.48. The molecule has 0 amide bonds. The lowest BCUT2D eigenvalue weighted by molar-refractivity contribution is 0.0770. The average molecular weight is 267 g/mol. The van der Waals surface area contributed by atoms with Gasteiger partial charge in [-0.1, -0.05) is 0 Å². The first-order valence-electron chi connectivity index (χ1n) is 6.75. The summed E-state index contributed by atoms with van der Waals surface area (Å²) >= 11 is 1.81. The monoisotopic (exact) mass is 267 g/mol. The van der Waals surface area contributed by atoms with Gasteiger partial charge < -0.3 is 15.0 Å². The predicted molar refractivity (Wildman–Crippen MR) is 73.3 cm³/mol. The van der Waals surface area contributed by atoms with Crippen LogP contribution < -0.4 is 5.32 Å². The number of hydrogen-bond donors (Lipinski definition) is 1. The van der Waals surface area contributed by atoms with Gasteiger partial charge in [0.1, 0.15) is 0 Å². The van der Waals surface area contributed by atoms with Crippen LogP contribution in [-0.2, 0) is 11.2 Å². The maximum Gasteiger partial charge on any atom is 0.0944 e. The highest BCUT2D eigenvalue weighted by Crippen LogP contribution is 2.27. The Morgan fingerprint density at radius 2 is 2.56 bits per heavy atom. The number of likely N-dealkylation sites (N-methyl/N-ethyl adjacent to an activating group) is 1. The van der Waals surface area contributed by atoms with Crippen molar-refractivity contribution in [2.24, 2.45) is 0 Å². The number of likely N-dealkylation sites (tertiary alicyclic amines) is 1. The van der Waals surface area contributed by atoms with Gasteiger partial charge in [-0.05, 0) is 20.0 Å². The molecule has 3 rings (SSSR count). The zero-order chi connectivity index (χ0) is 12.4. The molecule has 100 valence electrons. The van der Waals surface area contributed by atoms with Crippen molar-refractivity contribution in [2.45, 2.75) is 24.8 Å². The Morgan fingerprint density at radius 3 is 3.28 bits per heavy atom. The van der Waals surface area contributed by atoms with Crippen LogP contribution in [-0.4, -0.2) is 55.8 Å². The minimum Gasteiger partial charge on any atom is -0.379 e. The van der Waals surface area contributed by atoms with Gasteiger partial charge in [-0.25, -0.2) is 4.98 Å². The first-order chi connectivity index (χ1) is 8.81. The molecule has 5 heteroatoms. The number of ether oxygens (including phenoxy) is 1. The Bertz CT molecular complexity index is 389. The van der Waals surface area contributed by atoms with Crippen LogP contribution >= 0.6 is 11.3 Å². The van der Waals surface area contributed by atoms with Gasteiger partial charge in [-0.15, -0.1) is 11.3 Å². The molecule has 0 spiro atoms. The van der Waals surface area contributed by atoms with Crippen LogP contribution in [0.1, 0.15) is 23.0 Å². The molecule has 18 heavy (non-hydrogen) atoms. The van der Waals surface area contributed by atoms with E-state index in [0.29, 0.717) is 12.0 Å². The maximum absolute atomic E-state index is 5.48. The lowest BCUT2D eigenvalue weighted by Crippen LogP contribution is -2.42. The van der Waals surface area contributed by atoms with Gasteiger partial charge in [0.05, 0.1) is 23.9 Å². The van der Waals surface area contributed by atoms with Crippen molar-refractivity contribution >= 4 is 11.3 Å². The normalized spacial score (nSPS) is 29.8. The Kier molecular flexibility index (Phi) is 3.94. The fourth-order valence-corrected chi connectivity index (χ4v) is 3.70. The fraction of sp³-hybridized carbons (Fsp3) is 0.769. The smallest absolute Gasteiger partial charge is 0.0944 e. The largest absolute Gasteiger partial charge is 0.379 e. The van der Waals surface area contributed by atoms with Crippen molar-refractivity contribution in [3.8, 4) is 0 Å². The van der Waals surface area contributed by atoms with E-state index in [4.69, 9.17) is 9.72 Å². The molecule has 0 aliphatic carbocycles. The van der Waals surface area contributed by atoms with Crippen LogP contribution in [0.2, 0.25) is 0 Å². The van der Waals surface area contributed by atoms with Crippen LogP contribution in [0.5, 0.6) is 0 Å². The summed E-state index contributed by atoms with van der Waals surface area (Å²) in [5.74, 6) is 0.649. The molecule has 3 heterocycles. The number of thiazole rings is 1. The zero-order valence-electron chi connectivity index (χ0n) is 10.9. The Morgan fingerprint density at radius 1 is 1.61 bits per heavy atom. The lowest BCUT2D eigenvalue weighted by Gasteiger charge is -2.22. The molecule has 1 N–H and O–H groups in total. The summed E-state index contributed by atoms with van der Waals surface area (Å²) in [5, 5.41) is 6.99. The summed E-state index contributed by atoms with van der Waals surface area (Å²) in [4.78, 5) is 7.21. The first kappa shape index (κ1) is 12.5. The minimum absolute atomic E-state index is 0.448. The second-order valence-corrected chi connectivity index (χ2v) is 6.29. The third-order valence-electron chi connectivity index (χ3n) is 3.80. The van der Waals surface area contributed by atoms with Crippen molar-refractivity contribution in [2.75, 3.05) is 39.9 Å². The van der Waals surface area contributed by atoms with E-state index in [1.807, 2.05) is 0 Å². The molecule has 2 unspecified atom stereocenters. The number of aromatic nitrogens is 1. The second kappa shape index (κ2) is 5.65. The standard InChI is InChI=1S/C13H21N3OS/c1-16-4-2-10(7-16)12-9-18-13(15-12)6-11-8-17-5-3-14-11/h9-11,14H,2-8H2,1H3. The molecule has 0 bridgehead atoms. The molecular formula is C13H21N3OS. The summed E-state index contributed by atoms with van der Waals surface area (Å²) in [5.41, 5.74) is 1.30. The Hall–Kier alpha value is -0.490. The van der Waals surface area contributed by atoms with Gasteiger partial charge in [-0.3, -0.25) is 0 Å². The van der Waals surface area contributed by atoms with Crippen molar-refractivity contribution in [3.63, 3.8) is 0 Å². The number of nitrogens with zero attached hydrogens (tertiary/aromatic N) is 2. The van der Waals surface area contributed by atoms with E-state index in [1.54, 1.807) is 11.3 Å². The molecule has 1 aromatic heterocycles. The predicted octanol–water partition coefficient (Wildman–Crippen LogP) is 1.09. The summed E-state index contributed by atoms with van der Waals surface area (Å²) in [6.07, 6.45) is 2.26. The van der Waals surface area contributed by atoms with Crippen LogP contribution in [0, 0.1) is 0 Å². The highest BCUT2D eigenvalue weighted by Gasteiger charge is 2.24. The highest BCUT2D eigenvalue weighted by molar-refractivity contribution is 7.09. The number of morpholine rings is 1. The Balaban J connectivity index is 1.59. The third kappa shape index (κ3) is 2.91. The molecule has 2 atom stereocenters. The highest BCUT2D eigenvalue weighted by atomic mass is 32.1. The van der Waals surface area contributed by atoms with Crippen molar-refractivity contribution in [1.29, 1.82) is 0 Å². The quantitative estimate of drug-likeness (QED) is 0.890. The van der Waals surface area contributed by atoms with Crippen molar-refractivity contribution in [3.05, 3.63) is 16.1 Å². The van der Waals surface area contributed by atoms with Crippen molar-refractivity contribution < 1.29 is 4.74 Å². The average Bonchev–Trinajstić information content (AvgIpc) is 2.99. The molecule has 2 aliphatic heterocycles. The van der Waals surface area contributed by atoms with E-state index < -0.39 is 0 Å². The molecule has 1 aromatic rings. The summed E-state index contributed by atoms with van der Waals surface area (Å²) in [6.45, 7) is 4.99. The molecule has 0 saturated carbocycles. The second-order valence-electron chi connectivity index (χ2n) is 5.34.